The van der Waals surface area contributed by atoms with Crippen molar-refractivity contribution in [2.75, 3.05) is 38.7 Å². The lowest BCUT2D eigenvalue weighted by Gasteiger charge is -2.22. The molecule has 0 spiro atoms. The second kappa shape index (κ2) is 14.3. The van der Waals surface area contributed by atoms with Crippen molar-refractivity contribution in [3.05, 3.63) is 59.7 Å². The Bertz CT molecular complexity index is 766. The summed E-state index contributed by atoms with van der Waals surface area (Å²) >= 11 is 3.58. The van der Waals surface area contributed by atoms with Crippen LogP contribution in [0.5, 0.6) is 0 Å². The van der Waals surface area contributed by atoms with Crippen LogP contribution >= 0.6 is 23.5 Å². The van der Waals surface area contributed by atoms with E-state index < -0.39 is 0 Å². The van der Waals surface area contributed by atoms with E-state index in [0.29, 0.717) is 25.9 Å². The third kappa shape index (κ3) is 10.1. The van der Waals surface area contributed by atoms with Gasteiger partial charge in [0.05, 0.1) is 0 Å². The number of thioether (sulfide) groups is 2. The number of nitrogens with zero attached hydrogens (tertiary/aromatic N) is 2. The van der Waals surface area contributed by atoms with Gasteiger partial charge in [-0.1, -0.05) is 35.4 Å². The Labute approximate surface area is 202 Å². The first-order chi connectivity index (χ1) is 15.3. The summed E-state index contributed by atoms with van der Waals surface area (Å²) in [6, 6.07) is 17.0. The Morgan fingerprint density at radius 1 is 0.656 bits per heavy atom. The summed E-state index contributed by atoms with van der Waals surface area (Å²) in [5, 5.41) is 0. The first-order valence-corrected chi connectivity index (χ1v) is 13.2. The van der Waals surface area contributed by atoms with Gasteiger partial charge in [-0.05, 0) is 62.5 Å². The molecule has 2 amide bonds. The van der Waals surface area contributed by atoms with E-state index in [-0.39, 0.29) is 11.8 Å². The number of carbonyl (C=O) groups is 2. The molecule has 0 atom stereocenters. The van der Waals surface area contributed by atoms with Crippen molar-refractivity contribution >= 4 is 35.3 Å². The lowest BCUT2D eigenvalue weighted by atomic mass is 10.2. The molecule has 6 heteroatoms. The Hall–Kier alpha value is -1.92. The van der Waals surface area contributed by atoms with Gasteiger partial charge >= 0.3 is 0 Å². The van der Waals surface area contributed by atoms with Crippen LogP contribution in [-0.2, 0) is 9.59 Å². The molecule has 4 nitrogen and oxygen atoms in total. The molecule has 32 heavy (non-hydrogen) atoms. The lowest BCUT2D eigenvalue weighted by Crippen LogP contribution is -2.37. The Morgan fingerprint density at radius 3 is 1.34 bits per heavy atom. The molecule has 174 valence electrons. The van der Waals surface area contributed by atoms with Gasteiger partial charge in [-0.25, -0.2) is 0 Å². The number of carbonyl (C=O) groups excluding carboxylic acids is 2. The second-order valence-corrected chi connectivity index (χ2v) is 10.5. The molecule has 0 aliphatic heterocycles. The highest BCUT2D eigenvalue weighted by Crippen LogP contribution is 2.20. The normalized spacial score (nSPS) is 10.8. The maximum absolute atomic E-state index is 12.4. The van der Waals surface area contributed by atoms with E-state index in [1.54, 1.807) is 33.3 Å². The molecule has 0 heterocycles. The van der Waals surface area contributed by atoms with Crippen molar-refractivity contribution in [2.45, 2.75) is 49.3 Å². The van der Waals surface area contributed by atoms with Gasteiger partial charge in [-0.15, -0.1) is 23.5 Å². The number of hydrogen-bond donors (Lipinski definition) is 0. The van der Waals surface area contributed by atoms with Crippen molar-refractivity contribution in [1.82, 2.24) is 9.80 Å². The topological polar surface area (TPSA) is 40.6 Å². The van der Waals surface area contributed by atoms with Gasteiger partial charge in [-0.2, -0.15) is 0 Å². The fourth-order valence-corrected chi connectivity index (χ4v) is 4.73. The summed E-state index contributed by atoms with van der Waals surface area (Å²) in [5.41, 5.74) is 2.52. The van der Waals surface area contributed by atoms with Gasteiger partial charge in [0, 0.05) is 49.8 Å². The molecule has 0 radical (unpaired) electrons. The number of benzene rings is 2. The largest absolute Gasteiger partial charge is 0.344 e. The molecule has 0 N–H and O–H groups in total. The minimum Gasteiger partial charge on any atom is -0.344 e. The average molecular weight is 473 g/mol. The van der Waals surface area contributed by atoms with Gasteiger partial charge in [0.2, 0.25) is 11.8 Å². The number of amides is 2. The number of rotatable bonds is 13. The first-order valence-electron chi connectivity index (χ1n) is 11.2. The highest BCUT2D eigenvalue weighted by molar-refractivity contribution is 7.99. The van der Waals surface area contributed by atoms with E-state index >= 15 is 0 Å². The maximum Gasteiger partial charge on any atom is 0.222 e. The van der Waals surface area contributed by atoms with Crippen molar-refractivity contribution in [3.8, 4) is 0 Å². The maximum atomic E-state index is 12.4. The van der Waals surface area contributed by atoms with Crippen molar-refractivity contribution in [2.24, 2.45) is 0 Å². The van der Waals surface area contributed by atoms with Crippen molar-refractivity contribution < 1.29 is 9.59 Å². The highest BCUT2D eigenvalue weighted by Gasteiger charge is 2.12. The summed E-state index contributed by atoms with van der Waals surface area (Å²) < 4.78 is 0. The molecule has 0 bridgehead atoms. The Balaban J connectivity index is 1.55. The Kier molecular flexibility index (Phi) is 11.7. The van der Waals surface area contributed by atoms with E-state index in [2.05, 4.69) is 62.4 Å². The summed E-state index contributed by atoms with van der Waals surface area (Å²) in [7, 11) is 3.65. The highest BCUT2D eigenvalue weighted by atomic mass is 32.2. The number of hydrogen-bond acceptors (Lipinski definition) is 4. The summed E-state index contributed by atoms with van der Waals surface area (Å²) in [4.78, 5) is 30.7. The van der Waals surface area contributed by atoms with E-state index in [1.165, 1.54) is 20.9 Å². The van der Waals surface area contributed by atoms with Gasteiger partial charge < -0.3 is 9.80 Å². The van der Waals surface area contributed by atoms with Crippen LogP contribution < -0.4 is 0 Å². The molecule has 2 aromatic carbocycles. The van der Waals surface area contributed by atoms with Gasteiger partial charge in [0.15, 0.2) is 0 Å². The van der Waals surface area contributed by atoms with Gasteiger partial charge in [0.1, 0.15) is 0 Å². The second-order valence-electron chi connectivity index (χ2n) is 8.16. The molecule has 0 aliphatic carbocycles. The zero-order chi connectivity index (χ0) is 23.3. The molecular weight excluding hydrogens is 436 g/mol. The summed E-state index contributed by atoms with van der Waals surface area (Å²) in [5.74, 6) is 2.15. The molecule has 0 aliphatic rings. The van der Waals surface area contributed by atoms with Crippen LogP contribution in [0, 0.1) is 13.8 Å². The van der Waals surface area contributed by atoms with Crippen LogP contribution in [0.2, 0.25) is 0 Å². The van der Waals surface area contributed by atoms with Crippen LogP contribution in [-0.4, -0.2) is 60.3 Å². The zero-order valence-electron chi connectivity index (χ0n) is 19.8. The fourth-order valence-electron chi connectivity index (χ4n) is 3.03. The number of aryl methyl sites for hydroxylation is 2. The molecule has 2 aromatic rings. The van der Waals surface area contributed by atoms with Crippen molar-refractivity contribution in [3.63, 3.8) is 0 Å². The smallest absolute Gasteiger partial charge is 0.222 e. The number of likely N-dealkylation sites (N-methyl/N-ethyl adjacent to an activating group) is 2. The molecule has 2 rings (SSSR count). The van der Waals surface area contributed by atoms with Crippen LogP contribution in [0.15, 0.2) is 58.3 Å². The lowest BCUT2D eigenvalue weighted by molar-refractivity contribution is -0.133. The van der Waals surface area contributed by atoms with E-state index in [4.69, 9.17) is 0 Å². The molecular formula is C26H36N2O2S2. The van der Waals surface area contributed by atoms with E-state index in [9.17, 15) is 9.59 Å². The average Bonchev–Trinajstić information content (AvgIpc) is 2.79. The van der Waals surface area contributed by atoms with Crippen LogP contribution in [0.1, 0.15) is 36.8 Å². The zero-order valence-corrected chi connectivity index (χ0v) is 21.4. The van der Waals surface area contributed by atoms with Gasteiger partial charge in [-0.3, -0.25) is 9.59 Å². The summed E-state index contributed by atoms with van der Waals surface area (Å²) in [6.07, 6.45) is 2.80. The fraction of sp³-hybridized carbons (Fsp3) is 0.462. The molecule has 0 saturated carbocycles. The summed E-state index contributed by atoms with van der Waals surface area (Å²) in [6.45, 7) is 5.31. The molecule has 0 saturated heterocycles. The minimum atomic E-state index is 0.143. The SMILES string of the molecule is Cc1ccc(SCCCC(=O)N(C)CCN(C)C(=O)CCCSc2ccc(C)cc2)cc1. The molecule has 0 aromatic heterocycles. The van der Waals surface area contributed by atoms with E-state index in [1.807, 2.05) is 14.1 Å². The Morgan fingerprint density at radius 2 is 1.00 bits per heavy atom. The quantitative estimate of drug-likeness (QED) is 0.278. The third-order valence-corrected chi connectivity index (χ3v) is 7.47. The molecule has 0 fully saturated rings. The van der Waals surface area contributed by atoms with Crippen molar-refractivity contribution in [1.29, 1.82) is 0 Å². The van der Waals surface area contributed by atoms with E-state index in [0.717, 1.165) is 24.3 Å². The first kappa shape index (κ1) is 26.3. The van der Waals surface area contributed by atoms with Crippen LogP contribution in [0.3, 0.4) is 0 Å². The third-order valence-electron chi connectivity index (χ3n) is 5.27. The van der Waals surface area contributed by atoms with Crippen LogP contribution in [0.25, 0.3) is 0 Å². The monoisotopic (exact) mass is 472 g/mol. The molecule has 0 unspecified atom stereocenters. The predicted octanol–water partition coefficient (Wildman–Crippen LogP) is 5.67. The van der Waals surface area contributed by atoms with Crippen LogP contribution in [0.4, 0.5) is 0 Å². The minimum absolute atomic E-state index is 0.143. The van der Waals surface area contributed by atoms with Gasteiger partial charge in [0.25, 0.3) is 0 Å². The predicted molar refractivity (Wildman–Crippen MR) is 138 cm³/mol. The standard InChI is InChI=1S/C26H36N2O2S2/c1-21-9-13-23(14-10-21)31-19-5-7-25(29)27(3)17-18-28(4)26(30)8-6-20-32-24-15-11-22(2)12-16-24/h9-16H,5-8,17-20H2,1-4H3.